The van der Waals surface area contributed by atoms with Gasteiger partial charge in [-0.2, -0.15) is 5.10 Å². The maximum atomic E-state index is 5.73. The van der Waals surface area contributed by atoms with Crippen LogP contribution in [0.25, 0.3) is 0 Å². The molecule has 0 aliphatic rings. The molecule has 0 aromatic carbocycles. The number of aryl methyl sites for hydroxylation is 1. The molecule has 0 amide bonds. The van der Waals surface area contributed by atoms with E-state index in [-0.39, 0.29) is 0 Å². The summed E-state index contributed by atoms with van der Waals surface area (Å²) in [7, 11) is 0. The van der Waals surface area contributed by atoms with E-state index in [1.54, 1.807) is 12.4 Å². The van der Waals surface area contributed by atoms with Gasteiger partial charge in [0.1, 0.15) is 0 Å². The summed E-state index contributed by atoms with van der Waals surface area (Å²) in [5.74, 6) is 1.32. The van der Waals surface area contributed by atoms with Crippen LogP contribution in [0.2, 0.25) is 0 Å². The molecule has 0 unspecified atom stereocenters. The van der Waals surface area contributed by atoms with Crippen LogP contribution in [0.15, 0.2) is 30.7 Å². The summed E-state index contributed by atoms with van der Waals surface area (Å²) in [5.41, 5.74) is 1.16. The molecule has 0 atom stereocenters. The van der Waals surface area contributed by atoms with Gasteiger partial charge in [-0.3, -0.25) is 4.68 Å². The largest absolute Gasteiger partial charge is 0.436 e. The minimum Gasteiger partial charge on any atom is -0.436 e. The van der Waals surface area contributed by atoms with Gasteiger partial charge in [0.2, 0.25) is 5.88 Å². The molecule has 0 spiro atoms. The molecule has 1 N–H and O–H groups in total. The molecule has 2 heterocycles. The van der Waals surface area contributed by atoms with Crippen LogP contribution in [0.4, 0.5) is 0 Å². The van der Waals surface area contributed by atoms with Crippen molar-refractivity contribution in [1.82, 2.24) is 20.1 Å². The maximum absolute atomic E-state index is 5.73. The lowest BCUT2D eigenvalue weighted by atomic mass is 10.2. The summed E-state index contributed by atoms with van der Waals surface area (Å²) in [6.45, 7) is 8.08. The lowest BCUT2D eigenvalue weighted by molar-refractivity contribution is 0.459. The second-order valence-corrected chi connectivity index (χ2v) is 5.08. The first-order valence-corrected chi connectivity index (χ1v) is 7.06. The van der Waals surface area contributed by atoms with Gasteiger partial charge in [-0.15, -0.1) is 0 Å². The zero-order chi connectivity index (χ0) is 14.4. The van der Waals surface area contributed by atoms with Crippen molar-refractivity contribution < 1.29 is 4.74 Å². The minimum atomic E-state index is 0.458. The second kappa shape index (κ2) is 7.05. The Bertz CT molecular complexity index is 536. The van der Waals surface area contributed by atoms with E-state index in [1.807, 2.05) is 23.0 Å². The topological polar surface area (TPSA) is 52.0 Å². The van der Waals surface area contributed by atoms with Crippen molar-refractivity contribution in [3.63, 3.8) is 0 Å². The van der Waals surface area contributed by atoms with E-state index in [2.05, 4.69) is 36.2 Å². The lowest BCUT2D eigenvalue weighted by Gasteiger charge is -2.09. The molecule has 0 saturated carbocycles. The zero-order valence-corrected chi connectivity index (χ0v) is 12.3. The van der Waals surface area contributed by atoms with Gasteiger partial charge in [-0.25, -0.2) is 4.98 Å². The SMILES string of the molecule is CCCn1cc(Oc2cc(CNC(C)C)ccn2)cn1. The summed E-state index contributed by atoms with van der Waals surface area (Å²) in [4.78, 5) is 4.23. The van der Waals surface area contributed by atoms with E-state index in [4.69, 9.17) is 4.74 Å². The predicted molar refractivity (Wildman–Crippen MR) is 78.8 cm³/mol. The molecule has 2 aromatic rings. The third-order valence-corrected chi connectivity index (χ3v) is 2.80. The number of nitrogens with one attached hydrogen (secondary N) is 1. The summed E-state index contributed by atoms with van der Waals surface area (Å²) < 4.78 is 7.61. The van der Waals surface area contributed by atoms with Gasteiger partial charge in [-0.05, 0) is 18.1 Å². The van der Waals surface area contributed by atoms with E-state index >= 15 is 0 Å². The first kappa shape index (κ1) is 14.5. The van der Waals surface area contributed by atoms with Crippen LogP contribution in [-0.4, -0.2) is 20.8 Å². The van der Waals surface area contributed by atoms with E-state index in [1.165, 1.54) is 0 Å². The van der Waals surface area contributed by atoms with Crippen molar-refractivity contribution >= 4 is 0 Å². The molecule has 2 rings (SSSR count). The Morgan fingerprint density at radius 2 is 2.25 bits per heavy atom. The highest BCUT2D eigenvalue weighted by atomic mass is 16.5. The average molecular weight is 274 g/mol. The Balaban J connectivity index is 1.99. The summed E-state index contributed by atoms with van der Waals surface area (Å²) in [6.07, 6.45) is 6.43. The zero-order valence-electron chi connectivity index (χ0n) is 12.3. The summed E-state index contributed by atoms with van der Waals surface area (Å²) in [5, 5.41) is 7.61. The third kappa shape index (κ3) is 4.35. The van der Waals surface area contributed by atoms with Crippen molar-refractivity contribution in [3.05, 3.63) is 36.3 Å². The fourth-order valence-corrected chi connectivity index (χ4v) is 1.81. The van der Waals surface area contributed by atoms with Gasteiger partial charge < -0.3 is 10.1 Å². The van der Waals surface area contributed by atoms with Gasteiger partial charge in [0.15, 0.2) is 5.75 Å². The fourth-order valence-electron chi connectivity index (χ4n) is 1.81. The molecule has 0 aliphatic heterocycles. The molecule has 5 nitrogen and oxygen atoms in total. The van der Waals surface area contributed by atoms with E-state index in [9.17, 15) is 0 Å². The van der Waals surface area contributed by atoms with Crippen molar-refractivity contribution in [2.24, 2.45) is 0 Å². The van der Waals surface area contributed by atoms with Crippen LogP contribution in [0.3, 0.4) is 0 Å². The number of nitrogens with zero attached hydrogens (tertiary/aromatic N) is 3. The van der Waals surface area contributed by atoms with E-state index in [0.29, 0.717) is 11.9 Å². The molecule has 5 heteroatoms. The van der Waals surface area contributed by atoms with Gasteiger partial charge in [0.25, 0.3) is 0 Å². The van der Waals surface area contributed by atoms with Crippen molar-refractivity contribution in [1.29, 1.82) is 0 Å². The van der Waals surface area contributed by atoms with E-state index < -0.39 is 0 Å². The molecule has 20 heavy (non-hydrogen) atoms. The fraction of sp³-hybridized carbons (Fsp3) is 0.467. The highest BCUT2D eigenvalue weighted by Crippen LogP contribution is 2.19. The standard InChI is InChI=1S/C15H22N4O/c1-4-7-19-11-14(10-18-19)20-15-8-13(5-6-16-15)9-17-12(2)3/h5-6,8,10-12,17H,4,7,9H2,1-3H3. The smallest absolute Gasteiger partial charge is 0.219 e. The predicted octanol–water partition coefficient (Wildman–Crippen LogP) is 2.98. The molecule has 0 aliphatic carbocycles. The molecule has 2 aromatic heterocycles. The highest BCUT2D eigenvalue weighted by molar-refractivity contribution is 5.25. The first-order chi connectivity index (χ1) is 9.67. The first-order valence-electron chi connectivity index (χ1n) is 7.06. The second-order valence-electron chi connectivity index (χ2n) is 5.08. The van der Waals surface area contributed by atoms with Crippen LogP contribution in [-0.2, 0) is 13.1 Å². The molecule has 0 saturated heterocycles. The van der Waals surface area contributed by atoms with Crippen molar-refractivity contribution in [2.45, 2.75) is 46.3 Å². The Hall–Kier alpha value is -1.88. The molecule has 108 valence electrons. The normalized spacial score (nSPS) is 11.0. The van der Waals surface area contributed by atoms with Crippen molar-refractivity contribution in [3.8, 4) is 11.6 Å². The highest BCUT2D eigenvalue weighted by Gasteiger charge is 2.04. The third-order valence-electron chi connectivity index (χ3n) is 2.80. The molecule has 0 fully saturated rings. The van der Waals surface area contributed by atoms with Gasteiger partial charge in [-0.1, -0.05) is 20.8 Å². The quantitative estimate of drug-likeness (QED) is 0.843. The monoisotopic (exact) mass is 274 g/mol. The summed E-state index contributed by atoms with van der Waals surface area (Å²) in [6, 6.07) is 4.40. The maximum Gasteiger partial charge on any atom is 0.219 e. The van der Waals surface area contributed by atoms with Crippen molar-refractivity contribution in [2.75, 3.05) is 0 Å². The number of rotatable bonds is 7. The number of ether oxygens (including phenoxy) is 1. The van der Waals surface area contributed by atoms with Gasteiger partial charge in [0.05, 0.1) is 12.4 Å². The Kier molecular flexibility index (Phi) is 5.12. The van der Waals surface area contributed by atoms with Gasteiger partial charge in [0, 0.05) is 31.4 Å². The average Bonchev–Trinajstić information content (AvgIpc) is 2.85. The number of hydrogen-bond acceptors (Lipinski definition) is 4. The molecular weight excluding hydrogens is 252 g/mol. The van der Waals surface area contributed by atoms with Crippen LogP contribution < -0.4 is 10.1 Å². The number of aromatic nitrogens is 3. The van der Waals surface area contributed by atoms with E-state index in [0.717, 1.165) is 30.8 Å². The molecular formula is C15H22N4O. The number of pyridine rings is 1. The van der Waals surface area contributed by atoms with Gasteiger partial charge >= 0.3 is 0 Å². The minimum absolute atomic E-state index is 0.458. The molecule has 0 radical (unpaired) electrons. The Morgan fingerprint density at radius 1 is 1.40 bits per heavy atom. The number of hydrogen-bond donors (Lipinski definition) is 1. The van der Waals surface area contributed by atoms with Crippen LogP contribution in [0.1, 0.15) is 32.8 Å². The molecule has 0 bridgehead atoms. The van der Waals surface area contributed by atoms with Crippen LogP contribution >= 0.6 is 0 Å². The lowest BCUT2D eigenvalue weighted by Crippen LogP contribution is -2.21. The Morgan fingerprint density at radius 3 is 3.00 bits per heavy atom. The van der Waals surface area contributed by atoms with Crippen LogP contribution in [0.5, 0.6) is 11.6 Å². The summed E-state index contributed by atoms with van der Waals surface area (Å²) >= 11 is 0. The van der Waals surface area contributed by atoms with Crippen LogP contribution in [0, 0.1) is 0 Å². The Labute approximate surface area is 120 Å².